The summed E-state index contributed by atoms with van der Waals surface area (Å²) < 4.78 is 12.7. The number of benzene rings is 1. The minimum absolute atomic E-state index is 0.0177. The highest BCUT2D eigenvalue weighted by atomic mass is 16.7. The molecule has 1 aromatic heterocycles. The number of aromatic nitrogens is 2. The molecule has 1 aliphatic carbocycles. The summed E-state index contributed by atoms with van der Waals surface area (Å²) in [5.74, 6) is -0.0177. The summed E-state index contributed by atoms with van der Waals surface area (Å²) >= 11 is 0. The molecule has 1 atom stereocenters. The van der Waals surface area contributed by atoms with E-state index in [0.29, 0.717) is 25.4 Å². The first-order valence-corrected chi connectivity index (χ1v) is 8.79. The van der Waals surface area contributed by atoms with Crippen molar-refractivity contribution in [1.82, 2.24) is 14.7 Å². The average molecular weight is 341 g/mol. The van der Waals surface area contributed by atoms with Crippen LogP contribution in [0.25, 0.3) is 5.69 Å². The Morgan fingerprint density at radius 2 is 2.16 bits per heavy atom. The van der Waals surface area contributed by atoms with E-state index < -0.39 is 0 Å². The molecule has 6 heteroatoms. The van der Waals surface area contributed by atoms with Gasteiger partial charge >= 0.3 is 0 Å². The van der Waals surface area contributed by atoms with Gasteiger partial charge in [0.05, 0.1) is 18.8 Å². The minimum atomic E-state index is -0.357. The van der Waals surface area contributed by atoms with Gasteiger partial charge in [0.25, 0.3) is 5.91 Å². The van der Waals surface area contributed by atoms with Crippen molar-refractivity contribution in [3.8, 4) is 5.69 Å². The summed E-state index contributed by atoms with van der Waals surface area (Å²) in [5, 5.41) is 4.73. The summed E-state index contributed by atoms with van der Waals surface area (Å²) in [6, 6.07) is 8.17. The van der Waals surface area contributed by atoms with Gasteiger partial charge < -0.3 is 14.4 Å². The summed E-state index contributed by atoms with van der Waals surface area (Å²) in [7, 11) is 1.60. The van der Waals surface area contributed by atoms with Crippen molar-refractivity contribution < 1.29 is 14.3 Å². The van der Waals surface area contributed by atoms with Crippen LogP contribution in [0.2, 0.25) is 0 Å². The van der Waals surface area contributed by atoms with E-state index in [-0.39, 0.29) is 12.2 Å². The average Bonchev–Trinajstić information content (AvgIpc) is 3.24. The lowest BCUT2D eigenvalue weighted by molar-refractivity contribution is -0.157. The van der Waals surface area contributed by atoms with E-state index in [0.717, 1.165) is 36.1 Å². The highest BCUT2D eigenvalue weighted by Crippen LogP contribution is 2.29. The van der Waals surface area contributed by atoms with Crippen molar-refractivity contribution in [3.63, 3.8) is 0 Å². The van der Waals surface area contributed by atoms with Crippen LogP contribution in [0.1, 0.15) is 33.7 Å². The van der Waals surface area contributed by atoms with Crippen LogP contribution in [-0.4, -0.2) is 53.7 Å². The number of carbonyl (C=O) groups excluding carboxylic acids is 1. The maximum Gasteiger partial charge on any atom is 0.274 e. The van der Waals surface area contributed by atoms with E-state index in [2.05, 4.69) is 19.1 Å². The van der Waals surface area contributed by atoms with Crippen molar-refractivity contribution in [2.75, 3.05) is 26.8 Å². The Bertz CT molecular complexity index is 799. The highest BCUT2D eigenvalue weighted by Gasteiger charge is 2.32. The van der Waals surface area contributed by atoms with Crippen LogP contribution in [0, 0.1) is 6.92 Å². The molecule has 1 aliphatic heterocycles. The summed E-state index contributed by atoms with van der Waals surface area (Å²) in [5.41, 5.74) is 5.08. The lowest BCUT2D eigenvalue weighted by atomic mass is 10.1. The van der Waals surface area contributed by atoms with Crippen LogP contribution < -0.4 is 0 Å². The second-order valence-electron chi connectivity index (χ2n) is 6.61. The van der Waals surface area contributed by atoms with Crippen LogP contribution >= 0.6 is 0 Å². The monoisotopic (exact) mass is 341 g/mol. The van der Waals surface area contributed by atoms with Gasteiger partial charge in [-0.2, -0.15) is 5.10 Å². The van der Waals surface area contributed by atoms with Gasteiger partial charge in [-0.05, 0) is 37.8 Å². The number of methoxy groups -OCH3 is 1. The molecule has 1 unspecified atom stereocenters. The molecule has 25 heavy (non-hydrogen) atoms. The largest absolute Gasteiger partial charge is 0.354 e. The SMILES string of the molecule is COC1CN(C(=O)c2nn(-c3ccccc3C)c3c2CCC3)CCO1. The summed E-state index contributed by atoms with van der Waals surface area (Å²) in [6.45, 7) is 3.59. The van der Waals surface area contributed by atoms with E-state index in [4.69, 9.17) is 14.6 Å². The number of ether oxygens (including phenoxy) is 2. The first kappa shape index (κ1) is 16.3. The second kappa shape index (κ2) is 6.61. The van der Waals surface area contributed by atoms with Crippen molar-refractivity contribution in [1.29, 1.82) is 0 Å². The molecule has 0 saturated carbocycles. The third-order valence-corrected chi connectivity index (χ3v) is 5.06. The predicted octanol–water partition coefficient (Wildman–Crippen LogP) is 2.11. The van der Waals surface area contributed by atoms with Crippen molar-refractivity contribution in [2.45, 2.75) is 32.5 Å². The Morgan fingerprint density at radius 3 is 2.96 bits per heavy atom. The molecule has 0 spiro atoms. The fourth-order valence-corrected chi connectivity index (χ4v) is 3.70. The van der Waals surface area contributed by atoms with Crippen LogP contribution in [0.15, 0.2) is 24.3 Å². The zero-order chi connectivity index (χ0) is 17.4. The topological polar surface area (TPSA) is 56.6 Å². The molecule has 4 rings (SSSR count). The Kier molecular flexibility index (Phi) is 4.31. The number of morpholine rings is 1. The van der Waals surface area contributed by atoms with E-state index in [1.807, 2.05) is 16.8 Å². The number of carbonyl (C=O) groups is 1. The van der Waals surface area contributed by atoms with Gasteiger partial charge in [0.1, 0.15) is 0 Å². The molecule has 1 fully saturated rings. The Hall–Kier alpha value is -2.18. The standard InChI is InChI=1S/C19H23N3O3/c1-13-6-3-4-8-15(13)22-16-9-5-7-14(16)18(20-22)19(23)21-10-11-25-17(12-21)24-2/h3-4,6,8,17H,5,7,9-12H2,1-2H3. The second-order valence-corrected chi connectivity index (χ2v) is 6.61. The fourth-order valence-electron chi connectivity index (χ4n) is 3.70. The number of fused-ring (bicyclic) bond motifs is 1. The third-order valence-electron chi connectivity index (χ3n) is 5.06. The smallest absolute Gasteiger partial charge is 0.274 e. The molecule has 0 bridgehead atoms. The van der Waals surface area contributed by atoms with Crippen molar-refractivity contribution in [2.24, 2.45) is 0 Å². The molecular weight excluding hydrogens is 318 g/mol. The lowest BCUT2D eigenvalue weighted by Crippen LogP contribution is -2.46. The van der Waals surface area contributed by atoms with Crippen molar-refractivity contribution >= 4 is 5.91 Å². The molecular formula is C19H23N3O3. The van der Waals surface area contributed by atoms with E-state index in [1.54, 1.807) is 12.0 Å². The van der Waals surface area contributed by atoms with Crippen LogP contribution in [0.5, 0.6) is 0 Å². The molecule has 1 saturated heterocycles. The first-order chi connectivity index (χ1) is 12.2. The highest BCUT2D eigenvalue weighted by molar-refractivity contribution is 5.94. The molecule has 0 radical (unpaired) electrons. The van der Waals surface area contributed by atoms with Gasteiger partial charge in [-0.3, -0.25) is 4.79 Å². The number of hydrogen-bond donors (Lipinski definition) is 0. The van der Waals surface area contributed by atoms with Crippen LogP contribution in [0.3, 0.4) is 0 Å². The quantitative estimate of drug-likeness (QED) is 0.858. The fraction of sp³-hybridized carbons (Fsp3) is 0.474. The number of amides is 1. The molecule has 2 aliphatic rings. The van der Waals surface area contributed by atoms with Crippen LogP contribution in [0.4, 0.5) is 0 Å². The molecule has 1 aromatic carbocycles. The van der Waals surface area contributed by atoms with Gasteiger partial charge in [-0.1, -0.05) is 18.2 Å². The number of hydrogen-bond acceptors (Lipinski definition) is 4. The Balaban J connectivity index is 1.70. The molecule has 6 nitrogen and oxygen atoms in total. The molecule has 0 N–H and O–H groups in total. The zero-order valence-corrected chi connectivity index (χ0v) is 14.7. The maximum atomic E-state index is 13.1. The predicted molar refractivity (Wildman–Crippen MR) is 93.0 cm³/mol. The van der Waals surface area contributed by atoms with Crippen molar-refractivity contribution in [3.05, 3.63) is 46.8 Å². The zero-order valence-electron chi connectivity index (χ0n) is 14.7. The number of nitrogens with zero attached hydrogens (tertiary/aromatic N) is 3. The number of rotatable bonds is 3. The molecule has 132 valence electrons. The summed E-state index contributed by atoms with van der Waals surface area (Å²) in [4.78, 5) is 14.9. The lowest BCUT2D eigenvalue weighted by Gasteiger charge is -2.31. The first-order valence-electron chi connectivity index (χ1n) is 8.79. The van der Waals surface area contributed by atoms with Gasteiger partial charge in [0, 0.05) is 24.9 Å². The number of para-hydroxylation sites is 1. The minimum Gasteiger partial charge on any atom is -0.354 e. The van der Waals surface area contributed by atoms with Gasteiger partial charge in [-0.25, -0.2) is 4.68 Å². The normalized spacial score (nSPS) is 19.9. The van der Waals surface area contributed by atoms with E-state index >= 15 is 0 Å². The van der Waals surface area contributed by atoms with Gasteiger partial charge in [0.15, 0.2) is 12.0 Å². The summed E-state index contributed by atoms with van der Waals surface area (Å²) in [6.07, 6.45) is 2.60. The van der Waals surface area contributed by atoms with Gasteiger partial charge in [0.2, 0.25) is 0 Å². The third kappa shape index (κ3) is 2.85. The molecule has 2 heterocycles. The molecule has 2 aromatic rings. The Morgan fingerprint density at radius 1 is 1.32 bits per heavy atom. The number of aryl methyl sites for hydroxylation is 1. The molecule has 1 amide bonds. The maximum absolute atomic E-state index is 13.1. The van der Waals surface area contributed by atoms with E-state index in [1.165, 1.54) is 5.69 Å². The van der Waals surface area contributed by atoms with E-state index in [9.17, 15) is 4.79 Å². The van der Waals surface area contributed by atoms with Gasteiger partial charge in [-0.15, -0.1) is 0 Å². The Labute approximate surface area is 147 Å². The van der Waals surface area contributed by atoms with Crippen LogP contribution in [-0.2, 0) is 22.3 Å².